The maximum Gasteiger partial charge on any atom is 0.150 e. The molecule has 0 spiro atoms. The Bertz CT molecular complexity index is 357. The van der Waals surface area contributed by atoms with Crippen LogP contribution in [0.25, 0.3) is 0 Å². The average molecular weight is 238 g/mol. The van der Waals surface area contributed by atoms with Gasteiger partial charge in [-0.15, -0.1) is 0 Å². The first-order chi connectivity index (χ1) is 8.02. The number of hydrogen-bond acceptors (Lipinski definition) is 3. The van der Waals surface area contributed by atoms with Crippen LogP contribution in [0.3, 0.4) is 0 Å². The van der Waals surface area contributed by atoms with E-state index in [4.69, 9.17) is 5.73 Å². The first-order valence-corrected chi connectivity index (χ1v) is 6.58. The van der Waals surface area contributed by atoms with Crippen LogP contribution in [0.4, 0.5) is 11.5 Å². The second-order valence-corrected chi connectivity index (χ2v) is 4.79. The third-order valence-electron chi connectivity index (χ3n) is 3.28. The molecule has 0 aliphatic rings. The van der Waals surface area contributed by atoms with Crippen LogP contribution in [0.15, 0.2) is 0 Å². The molecule has 4 heteroatoms. The minimum atomic E-state index is 0.494. The Kier molecular flexibility index (Phi) is 4.85. The van der Waals surface area contributed by atoms with Crippen LogP contribution in [0.5, 0.6) is 0 Å². The van der Waals surface area contributed by atoms with Crippen molar-refractivity contribution in [2.45, 2.75) is 59.5 Å². The Hall–Kier alpha value is -1.19. The lowest BCUT2D eigenvalue weighted by Gasteiger charge is -2.27. The van der Waals surface area contributed by atoms with Crippen molar-refractivity contribution in [3.8, 4) is 0 Å². The molecule has 0 aromatic carbocycles. The molecule has 0 bridgehead atoms. The molecule has 0 fully saturated rings. The van der Waals surface area contributed by atoms with Crippen molar-refractivity contribution in [2.75, 3.05) is 17.7 Å². The van der Waals surface area contributed by atoms with Crippen molar-refractivity contribution in [1.82, 2.24) is 9.78 Å². The summed E-state index contributed by atoms with van der Waals surface area (Å²) in [4.78, 5) is 2.26. The molecule has 0 aliphatic carbocycles. The molecular formula is C13H26N4. The molecule has 1 aromatic rings. The molecule has 0 saturated carbocycles. The minimum absolute atomic E-state index is 0.494. The van der Waals surface area contributed by atoms with E-state index in [2.05, 4.69) is 37.8 Å². The third kappa shape index (κ3) is 2.93. The number of hydrogen-bond donors (Lipinski definition) is 1. The molecule has 1 heterocycles. The third-order valence-corrected chi connectivity index (χ3v) is 3.28. The summed E-state index contributed by atoms with van der Waals surface area (Å²) < 4.78 is 2.04. The number of aryl methyl sites for hydroxylation is 2. The number of anilines is 2. The fraction of sp³-hybridized carbons (Fsp3) is 0.769. The summed E-state index contributed by atoms with van der Waals surface area (Å²) in [5.41, 5.74) is 7.90. The van der Waals surface area contributed by atoms with Crippen LogP contribution >= 0.6 is 0 Å². The van der Waals surface area contributed by atoms with Crippen molar-refractivity contribution >= 4 is 11.5 Å². The highest BCUT2D eigenvalue weighted by Crippen LogP contribution is 2.28. The maximum absolute atomic E-state index is 6.14. The Labute approximate surface area is 105 Å². The number of nitrogens with two attached hydrogens (primary N) is 1. The van der Waals surface area contributed by atoms with E-state index in [1.165, 1.54) is 12.8 Å². The zero-order valence-corrected chi connectivity index (χ0v) is 11.8. The summed E-state index contributed by atoms with van der Waals surface area (Å²) in [6, 6.07) is 0.494. The Balaban J connectivity index is 3.01. The van der Waals surface area contributed by atoms with Crippen molar-refractivity contribution < 1.29 is 0 Å². The predicted molar refractivity (Wildman–Crippen MR) is 74.4 cm³/mol. The molecule has 17 heavy (non-hydrogen) atoms. The van der Waals surface area contributed by atoms with E-state index < -0.39 is 0 Å². The van der Waals surface area contributed by atoms with Gasteiger partial charge in [-0.2, -0.15) is 5.10 Å². The van der Waals surface area contributed by atoms with E-state index in [0.29, 0.717) is 6.04 Å². The van der Waals surface area contributed by atoms with E-state index in [9.17, 15) is 0 Å². The molecule has 1 atom stereocenters. The summed E-state index contributed by atoms with van der Waals surface area (Å²) in [5.74, 6) is 1.07. The van der Waals surface area contributed by atoms with Gasteiger partial charge in [-0.25, -0.2) is 4.68 Å². The first-order valence-electron chi connectivity index (χ1n) is 6.58. The topological polar surface area (TPSA) is 47.1 Å². The molecular weight excluding hydrogens is 212 g/mol. The van der Waals surface area contributed by atoms with E-state index in [0.717, 1.165) is 30.2 Å². The van der Waals surface area contributed by atoms with Crippen LogP contribution in [0.1, 0.15) is 45.7 Å². The number of rotatable bonds is 6. The van der Waals surface area contributed by atoms with E-state index >= 15 is 0 Å². The van der Waals surface area contributed by atoms with Crippen LogP contribution in [0.2, 0.25) is 0 Å². The lowest BCUT2D eigenvalue weighted by Crippen LogP contribution is -2.31. The lowest BCUT2D eigenvalue weighted by atomic mass is 10.1. The number of nitrogen functional groups attached to an aromatic ring is 1. The maximum atomic E-state index is 6.14. The largest absolute Gasteiger partial charge is 0.394 e. The van der Waals surface area contributed by atoms with Gasteiger partial charge in [-0.1, -0.05) is 20.3 Å². The molecule has 4 nitrogen and oxygen atoms in total. The quantitative estimate of drug-likeness (QED) is 0.829. The second kappa shape index (κ2) is 5.94. The Morgan fingerprint density at radius 2 is 2.00 bits per heavy atom. The van der Waals surface area contributed by atoms with Gasteiger partial charge in [-0.3, -0.25) is 0 Å². The summed E-state index contributed by atoms with van der Waals surface area (Å²) >= 11 is 0. The van der Waals surface area contributed by atoms with E-state index in [1.54, 1.807) is 0 Å². The average Bonchev–Trinajstić information content (AvgIpc) is 2.55. The molecule has 0 saturated heterocycles. The summed E-state index contributed by atoms with van der Waals surface area (Å²) in [5, 5.41) is 4.51. The minimum Gasteiger partial charge on any atom is -0.394 e. The van der Waals surface area contributed by atoms with Crippen molar-refractivity contribution in [3.63, 3.8) is 0 Å². The standard InChI is InChI=1S/C13H26N4/c1-6-8-10(3)16(5)13-12(14)11(4)15-17(13)9-7-2/h10H,6-9,14H2,1-5H3. The Morgan fingerprint density at radius 3 is 2.53 bits per heavy atom. The van der Waals surface area contributed by atoms with Gasteiger partial charge in [0.1, 0.15) is 0 Å². The van der Waals surface area contributed by atoms with Gasteiger partial charge < -0.3 is 10.6 Å². The van der Waals surface area contributed by atoms with Crippen LogP contribution in [-0.2, 0) is 6.54 Å². The molecule has 1 rings (SSSR count). The van der Waals surface area contributed by atoms with E-state index in [1.807, 2.05) is 11.6 Å². The Morgan fingerprint density at radius 1 is 1.35 bits per heavy atom. The van der Waals surface area contributed by atoms with Gasteiger partial charge >= 0.3 is 0 Å². The fourth-order valence-electron chi connectivity index (χ4n) is 2.14. The molecule has 1 unspecified atom stereocenters. The highest BCUT2D eigenvalue weighted by atomic mass is 15.4. The fourth-order valence-corrected chi connectivity index (χ4v) is 2.14. The second-order valence-electron chi connectivity index (χ2n) is 4.79. The molecule has 0 aliphatic heterocycles. The summed E-state index contributed by atoms with van der Waals surface area (Å²) in [7, 11) is 2.11. The summed E-state index contributed by atoms with van der Waals surface area (Å²) in [6.07, 6.45) is 3.43. The predicted octanol–water partition coefficient (Wildman–Crippen LogP) is 2.81. The highest BCUT2D eigenvalue weighted by Gasteiger charge is 2.19. The summed E-state index contributed by atoms with van der Waals surface area (Å²) in [6.45, 7) is 9.51. The normalized spacial score (nSPS) is 12.8. The molecule has 0 radical (unpaired) electrons. The monoisotopic (exact) mass is 238 g/mol. The molecule has 2 N–H and O–H groups in total. The smallest absolute Gasteiger partial charge is 0.150 e. The van der Waals surface area contributed by atoms with Crippen molar-refractivity contribution in [2.24, 2.45) is 0 Å². The number of aromatic nitrogens is 2. The highest BCUT2D eigenvalue weighted by molar-refractivity contribution is 5.66. The van der Waals surface area contributed by atoms with Gasteiger partial charge in [0, 0.05) is 19.6 Å². The van der Waals surface area contributed by atoms with Crippen LogP contribution in [0, 0.1) is 6.92 Å². The SMILES string of the molecule is CCCC(C)N(C)c1c(N)c(C)nn1CCC. The zero-order chi connectivity index (χ0) is 13.0. The zero-order valence-electron chi connectivity index (χ0n) is 11.8. The van der Waals surface area contributed by atoms with Gasteiger partial charge in [0.25, 0.3) is 0 Å². The van der Waals surface area contributed by atoms with Gasteiger partial charge in [-0.05, 0) is 26.7 Å². The van der Waals surface area contributed by atoms with Crippen molar-refractivity contribution in [1.29, 1.82) is 0 Å². The van der Waals surface area contributed by atoms with Gasteiger partial charge in [0.05, 0.1) is 11.4 Å². The van der Waals surface area contributed by atoms with Gasteiger partial charge in [0.2, 0.25) is 0 Å². The first kappa shape index (κ1) is 13.9. The number of nitrogens with zero attached hydrogens (tertiary/aromatic N) is 3. The van der Waals surface area contributed by atoms with Gasteiger partial charge in [0.15, 0.2) is 5.82 Å². The van der Waals surface area contributed by atoms with E-state index in [-0.39, 0.29) is 0 Å². The molecule has 98 valence electrons. The lowest BCUT2D eigenvalue weighted by molar-refractivity contribution is 0.557. The van der Waals surface area contributed by atoms with Crippen molar-refractivity contribution in [3.05, 3.63) is 5.69 Å². The molecule has 0 amide bonds. The van der Waals surface area contributed by atoms with Crippen LogP contribution < -0.4 is 10.6 Å². The molecule has 1 aromatic heterocycles. The van der Waals surface area contributed by atoms with Crippen LogP contribution in [-0.4, -0.2) is 22.9 Å².